The number of H-pyrrole nitrogens is 1. The number of halogens is 1. The van der Waals surface area contributed by atoms with Gasteiger partial charge in [0.15, 0.2) is 0 Å². The van der Waals surface area contributed by atoms with Gasteiger partial charge in [0.25, 0.3) is 0 Å². The summed E-state index contributed by atoms with van der Waals surface area (Å²) in [4.78, 5) is 24.5. The fraction of sp³-hybridized carbons (Fsp3) is 0.250. The van der Waals surface area contributed by atoms with E-state index in [2.05, 4.69) is 25.4 Å². The summed E-state index contributed by atoms with van der Waals surface area (Å²) < 4.78 is 19.0. The maximum Gasteiger partial charge on any atom is 0.227 e. The Hall–Kier alpha value is -3.81. The minimum absolute atomic E-state index is 0.143. The summed E-state index contributed by atoms with van der Waals surface area (Å²) in [6.45, 7) is 3.68. The van der Waals surface area contributed by atoms with Gasteiger partial charge < -0.3 is 14.8 Å². The molecule has 0 aliphatic carbocycles. The number of amides is 1. The van der Waals surface area contributed by atoms with Crippen molar-refractivity contribution in [1.29, 1.82) is 0 Å². The number of imidazole rings is 1. The largest absolute Gasteiger partial charge is 0.346 e. The number of carbonyl (C=O) groups is 1. The van der Waals surface area contributed by atoms with Crippen LogP contribution in [0.25, 0.3) is 22.6 Å². The molecule has 0 aliphatic rings. The third-order valence-electron chi connectivity index (χ3n) is 5.22. The molecule has 4 rings (SSSR count). The summed E-state index contributed by atoms with van der Waals surface area (Å²) >= 11 is 0. The Balaban J connectivity index is 1.35. The van der Waals surface area contributed by atoms with Gasteiger partial charge in [0.05, 0.1) is 17.9 Å². The zero-order valence-corrected chi connectivity index (χ0v) is 17.9. The molecule has 1 unspecified atom stereocenters. The van der Waals surface area contributed by atoms with Crippen LogP contribution in [-0.4, -0.2) is 26.0 Å². The average Bonchev–Trinajstić information content (AvgIpc) is 3.49. The van der Waals surface area contributed by atoms with Gasteiger partial charge in [0, 0.05) is 18.4 Å². The lowest BCUT2D eigenvalue weighted by Crippen LogP contribution is -2.29. The number of carbonyl (C=O) groups excluding carboxylic acids is 1. The smallest absolute Gasteiger partial charge is 0.227 e. The van der Waals surface area contributed by atoms with E-state index in [1.807, 2.05) is 37.3 Å². The third kappa shape index (κ3) is 4.91. The zero-order valence-electron chi connectivity index (χ0n) is 17.9. The van der Waals surface area contributed by atoms with Gasteiger partial charge in [-0.2, -0.15) is 4.98 Å². The van der Waals surface area contributed by atoms with Gasteiger partial charge in [0.2, 0.25) is 17.6 Å². The van der Waals surface area contributed by atoms with Gasteiger partial charge >= 0.3 is 0 Å². The van der Waals surface area contributed by atoms with Crippen molar-refractivity contribution in [3.63, 3.8) is 0 Å². The molecule has 2 aromatic carbocycles. The summed E-state index contributed by atoms with van der Waals surface area (Å²) in [5.74, 6) is 0.868. The number of aromatic nitrogens is 4. The predicted octanol–water partition coefficient (Wildman–Crippen LogP) is 4.77. The standard InChI is InChI=1S/C24H24FN5O2/c1-3-19(24-26-14-20(28-24)16-7-5-4-6-8-16)27-21(31)11-12-22-29-23(30-32-22)17-10-9-15(2)18(25)13-17/h4-10,13-14,19H,3,11-12H2,1-2H3,(H,26,28)(H,27,31). The highest BCUT2D eigenvalue weighted by Gasteiger charge is 2.18. The Labute approximate surface area is 185 Å². The summed E-state index contributed by atoms with van der Waals surface area (Å²) in [6, 6.07) is 14.4. The van der Waals surface area contributed by atoms with Gasteiger partial charge in [-0.25, -0.2) is 9.37 Å². The van der Waals surface area contributed by atoms with E-state index in [1.54, 1.807) is 25.3 Å². The quantitative estimate of drug-likeness (QED) is 0.417. The number of hydrogen-bond donors (Lipinski definition) is 2. The van der Waals surface area contributed by atoms with E-state index in [-0.39, 0.29) is 30.6 Å². The molecule has 2 N–H and O–H groups in total. The minimum Gasteiger partial charge on any atom is -0.346 e. The molecule has 1 atom stereocenters. The van der Waals surface area contributed by atoms with E-state index in [1.165, 1.54) is 6.07 Å². The molecular formula is C24H24FN5O2. The topological polar surface area (TPSA) is 96.7 Å². The summed E-state index contributed by atoms with van der Waals surface area (Å²) in [6.07, 6.45) is 2.94. The second kappa shape index (κ2) is 9.55. The molecule has 0 fully saturated rings. The maximum atomic E-state index is 13.8. The first kappa shape index (κ1) is 21.4. The molecule has 2 heterocycles. The Kier molecular flexibility index (Phi) is 6.39. The predicted molar refractivity (Wildman–Crippen MR) is 118 cm³/mol. The van der Waals surface area contributed by atoms with Gasteiger partial charge in [-0.15, -0.1) is 0 Å². The zero-order chi connectivity index (χ0) is 22.5. The lowest BCUT2D eigenvalue weighted by molar-refractivity contribution is -0.122. The van der Waals surface area contributed by atoms with Crippen LogP contribution < -0.4 is 5.32 Å². The molecule has 2 aromatic heterocycles. The molecule has 8 heteroatoms. The fourth-order valence-electron chi connectivity index (χ4n) is 3.33. The number of nitrogens with one attached hydrogen (secondary N) is 2. The van der Waals surface area contributed by atoms with Crippen LogP contribution in [0.4, 0.5) is 4.39 Å². The van der Waals surface area contributed by atoms with Gasteiger partial charge in [0.1, 0.15) is 11.6 Å². The van der Waals surface area contributed by atoms with Crippen molar-refractivity contribution in [1.82, 2.24) is 25.4 Å². The van der Waals surface area contributed by atoms with Gasteiger partial charge in [-0.05, 0) is 30.5 Å². The summed E-state index contributed by atoms with van der Waals surface area (Å²) in [5, 5.41) is 6.89. The second-order valence-corrected chi connectivity index (χ2v) is 7.55. The molecule has 0 bridgehead atoms. The van der Waals surface area contributed by atoms with Crippen LogP contribution in [0.3, 0.4) is 0 Å². The van der Waals surface area contributed by atoms with Crippen LogP contribution in [0.5, 0.6) is 0 Å². The fourth-order valence-corrected chi connectivity index (χ4v) is 3.33. The highest BCUT2D eigenvalue weighted by molar-refractivity contribution is 5.76. The summed E-state index contributed by atoms with van der Waals surface area (Å²) in [7, 11) is 0. The van der Waals surface area contributed by atoms with Crippen LogP contribution in [0, 0.1) is 12.7 Å². The molecule has 164 valence electrons. The van der Waals surface area contributed by atoms with Crippen LogP contribution >= 0.6 is 0 Å². The lowest BCUT2D eigenvalue weighted by atomic mass is 10.1. The molecule has 0 spiro atoms. The van der Waals surface area contributed by atoms with Crippen molar-refractivity contribution in [3.05, 3.63) is 77.8 Å². The molecule has 7 nitrogen and oxygen atoms in total. The molecule has 0 saturated heterocycles. The Morgan fingerprint density at radius 3 is 2.75 bits per heavy atom. The first-order valence-corrected chi connectivity index (χ1v) is 10.5. The third-order valence-corrected chi connectivity index (χ3v) is 5.22. The average molecular weight is 433 g/mol. The number of hydrogen-bond acceptors (Lipinski definition) is 5. The highest BCUT2D eigenvalue weighted by atomic mass is 19.1. The van der Waals surface area contributed by atoms with Crippen molar-refractivity contribution in [3.8, 4) is 22.6 Å². The van der Waals surface area contributed by atoms with Crippen molar-refractivity contribution in [2.75, 3.05) is 0 Å². The SMILES string of the molecule is CCC(NC(=O)CCc1nc(-c2ccc(C)c(F)c2)no1)c1ncc(-c2ccccc2)[nH]1. The Morgan fingerprint density at radius 1 is 1.19 bits per heavy atom. The minimum atomic E-state index is -0.327. The number of aromatic amines is 1. The number of aryl methyl sites for hydroxylation is 2. The number of benzene rings is 2. The van der Waals surface area contributed by atoms with Crippen LogP contribution in [-0.2, 0) is 11.2 Å². The lowest BCUT2D eigenvalue weighted by Gasteiger charge is -2.14. The normalized spacial score (nSPS) is 12.0. The van der Waals surface area contributed by atoms with Gasteiger partial charge in [-0.3, -0.25) is 4.79 Å². The highest BCUT2D eigenvalue weighted by Crippen LogP contribution is 2.21. The Bertz CT molecular complexity index is 1200. The van der Waals surface area contributed by atoms with E-state index in [9.17, 15) is 9.18 Å². The van der Waals surface area contributed by atoms with E-state index in [0.717, 1.165) is 11.3 Å². The van der Waals surface area contributed by atoms with E-state index in [0.29, 0.717) is 35.1 Å². The number of nitrogens with zero attached hydrogens (tertiary/aromatic N) is 3. The molecule has 0 radical (unpaired) electrons. The summed E-state index contributed by atoms with van der Waals surface area (Å²) in [5.41, 5.74) is 3.02. The van der Waals surface area contributed by atoms with E-state index >= 15 is 0 Å². The first-order valence-electron chi connectivity index (χ1n) is 10.5. The number of rotatable bonds is 8. The molecule has 0 saturated carbocycles. The van der Waals surface area contributed by atoms with Crippen molar-refractivity contribution in [2.24, 2.45) is 0 Å². The molecule has 1 amide bonds. The molecule has 32 heavy (non-hydrogen) atoms. The van der Waals surface area contributed by atoms with E-state index < -0.39 is 0 Å². The van der Waals surface area contributed by atoms with Gasteiger partial charge in [-0.1, -0.05) is 54.5 Å². The Morgan fingerprint density at radius 2 is 2.00 bits per heavy atom. The second-order valence-electron chi connectivity index (χ2n) is 7.55. The molecule has 4 aromatic rings. The van der Waals surface area contributed by atoms with Crippen LogP contribution in [0.15, 0.2) is 59.3 Å². The van der Waals surface area contributed by atoms with Crippen molar-refractivity contribution in [2.45, 2.75) is 39.2 Å². The van der Waals surface area contributed by atoms with Crippen molar-refractivity contribution < 1.29 is 13.7 Å². The molecule has 0 aliphatic heterocycles. The van der Waals surface area contributed by atoms with Crippen LogP contribution in [0.2, 0.25) is 0 Å². The first-order chi connectivity index (χ1) is 15.5. The van der Waals surface area contributed by atoms with Crippen molar-refractivity contribution >= 4 is 5.91 Å². The molecular weight excluding hydrogens is 409 g/mol. The maximum absolute atomic E-state index is 13.8. The monoisotopic (exact) mass is 433 g/mol. The van der Waals surface area contributed by atoms with Crippen LogP contribution in [0.1, 0.15) is 43.1 Å². The van der Waals surface area contributed by atoms with E-state index in [4.69, 9.17) is 4.52 Å².